The number of ether oxygens (including phenoxy) is 1. The summed E-state index contributed by atoms with van der Waals surface area (Å²) in [6, 6.07) is 0.244. The van der Waals surface area contributed by atoms with Crippen molar-refractivity contribution in [1.29, 1.82) is 0 Å². The predicted molar refractivity (Wildman–Crippen MR) is 77.6 cm³/mol. The molecule has 1 fully saturated rings. The molecular formula is C15H26N4O. The summed E-state index contributed by atoms with van der Waals surface area (Å²) in [7, 11) is 0. The van der Waals surface area contributed by atoms with Crippen LogP contribution in [-0.2, 0) is 17.7 Å². The molecule has 1 saturated heterocycles. The third-order valence-electron chi connectivity index (χ3n) is 4.50. The number of fused-ring (bicyclic) bond motifs is 1. The molecule has 1 aromatic heterocycles. The maximum atomic E-state index is 5.86. The molecular weight excluding hydrogens is 252 g/mol. The third kappa shape index (κ3) is 3.04. The highest BCUT2D eigenvalue weighted by molar-refractivity contribution is 5.02. The Kier molecular flexibility index (Phi) is 4.36. The van der Waals surface area contributed by atoms with Crippen LogP contribution in [0.15, 0.2) is 0 Å². The number of hydrogen-bond donors (Lipinski definition) is 1. The fourth-order valence-electron chi connectivity index (χ4n) is 3.26. The molecule has 0 amide bonds. The van der Waals surface area contributed by atoms with Crippen LogP contribution in [0.1, 0.15) is 63.6 Å². The lowest BCUT2D eigenvalue weighted by atomic mass is 10.2. The molecule has 0 saturated carbocycles. The van der Waals surface area contributed by atoms with Crippen molar-refractivity contribution < 1.29 is 4.74 Å². The minimum atomic E-state index is 0.244. The maximum absolute atomic E-state index is 5.86. The van der Waals surface area contributed by atoms with Gasteiger partial charge in [-0.25, -0.2) is 0 Å². The van der Waals surface area contributed by atoms with E-state index >= 15 is 0 Å². The van der Waals surface area contributed by atoms with E-state index in [1.165, 1.54) is 32.1 Å². The Morgan fingerprint density at radius 3 is 3.00 bits per heavy atom. The van der Waals surface area contributed by atoms with Gasteiger partial charge < -0.3 is 14.6 Å². The molecule has 1 aromatic rings. The van der Waals surface area contributed by atoms with Crippen LogP contribution in [0.3, 0.4) is 0 Å². The Labute approximate surface area is 121 Å². The van der Waals surface area contributed by atoms with Gasteiger partial charge in [0.2, 0.25) is 0 Å². The van der Waals surface area contributed by atoms with Crippen molar-refractivity contribution >= 4 is 0 Å². The Bertz CT molecular complexity index is 445. The predicted octanol–water partition coefficient (Wildman–Crippen LogP) is 2.22. The molecule has 3 rings (SSSR count). The first kappa shape index (κ1) is 14.0. The van der Waals surface area contributed by atoms with E-state index in [1.54, 1.807) is 0 Å². The Morgan fingerprint density at radius 1 is 1.30 bits per heavy atom. The molecule has 20 heavy (non-hydrogen) atoms. The van der Waals surface area contributed by atoms with Gasteiger partial charge in [0.1, 0.15) is 11.6 Å². The molecule has 2 aliphatic heterocycles. The average Bonchev–Trinajstić information content (AvgIpc) is 2.96. The van der Waals surface area contributed by atoms with Crippen LogP contribution in [0.4, 0.5) is 0 Å². The molecule has 3 unspecified atom stereocenters. The minimum absolute atomic E-state index is 0.244. The molecule has 0 aliphatic carbocycles. The van der Waals surface area contributed by atoms with Crippen molar-refractivity contribution in [3.05, 3.63) is 11.6 Å². The molecule has 3 atom stereocenters. The van der Waals surface area contributed by atoms with Gasteiger partial charge in [-0.2, -0.15) is 0 Å². The first-order valence-electron chi connectivity index (χ1n) is 8.05. The van der Waals surface area contributed by atoms with Gasteiger partial charge in [0, 0.05) is 19.5 Å². The van der Waals surface area contributed by atoms with Crippen molar-refractivity contribution in [2.24, 2.45) is 0 Å². The monoisotopic (exact) mass is 278 g/mol. The van der Waals surface area contributed by atoms with Crippen molar-refractivity contribution in [3.8, 4) is 0 Å². The SMILES string of the molecule is CC1CCC(CNC(C)c2nnc3n2CCCCC3)O1. The van der Waals surface area contributed by atoms with E-state index in [1.807, 2.05) is 0 Å². The summed E-state index contributed by atoms with van der Waals surface area (Å²) in [6.45, 7) is 6.32. The van der Waals surface area contributed by atoms with Gasteiger partial charge in [-0.15, -0.1) is 10.2 Å². The second-order valence-electron chi connectivity index (χ2n) is 6.21. The van der Waals surface area contributed by atoms with Crippen LogP contribution in [0, 0.1) is 0 Å². The third-order valence-corrected chi connectivity index (χ3v) is 4.50. The van der Waals surface area contributed by atoms with Crippen molar-refractivity contribution in [1.82, 2.24) is 20.1 Å². The average molecular weight is 278 g/mol. The molecule has 1 N–H and O–H groups in total. The van der Waals surface area contributed by atoms with E-state index in [0.717, 1.165) is 31.2 Å². The number of aryl methyl sites for hydroxylation is 1. The van der Waals surface area contributed by atoms with E-state index in [2.05, 4.69) is 33.9 Å². The highest BCUT2D eigenvalue weighted by atomic mass is 16.5. The fourth-order valence-corrected chi connectivity index (χ4v) is 3.26. The number of nitrogens with one attached hydrogen (secondary N) is 1. The van der Waals surface area contributed by atoms with Gasteiger partial charge in [0.05, 0.1) is 18.2 Å². The molecule has 0 spiro atoms. The molecule has 5 heteroatoms. The van der Waals surface area contributed by atoms with Crippen LogP contribution in [-0.4, -0.2) is 33.5 Å². The van der Waals surface area contributed by atoms with Crippen molar-refractivity contribution in [2.45, 2.75) is 77.2 Å². The summed E-state index contributed by atoms with van der Waals surface area (Å²) in [5.41, 5.74) is 0. The molecule has 0 bridgehead atoms. The van der Waals surface area contributed by atoms with E-state index in [9.17, 15) is 0 Å². The standard InChI is InChI=1S/C15H26N4O/c1-11-7-8-13(20-11)10-16-12(2)15-18-17-14-6-4-3-5-9-19(14)15/h11-13,16H,3-10H2,1-2H3. The lowest BCUT2D eigenvalue weighted by Gasteiger charge is -2.18. The lowest BCUT2D eigenvalue weighted by Crippen LogP contribution is -2.30. The molecule has 2 aliphatic rings. The minimum Gasteiger partial charge on any atom is -0.374 e. The first-order chi connectivity index (χ1) is 9.74. The number of hydrogen-bond acceptors (Lipinski definition) is 4. The van der Waals surface area contributed by atoms with Gasteiger partial charge >= 0.3 is 0 Å². The fraction of sp³-hybridized carbons (Fsp3) is 0.867. The molecule has 0 aromatic carbocycles. The first-order valence-corrected chi connectivity index (χ1v) is 8.05. The van der Waals surface area contributed by atoms with E-state index in [4.69, 9.17) is 4.74 Å². The molecule has 3 heterocycles. The Morgan fingerprint density at radius 2 is 2.20 bits per heavy atom. The van der Waals surface area contributed by atoms with E-state index in [0.29, 0.717) is 12.2 Å². The second-order valence-corrected chi connectivity index (χ2v) is 6.21. The quantitative estimate of drug-likeness (QED) is 0.917. The topological polar surface area (TPSA) is 52.0 Å². The second kappa shape index (κ2) is 6.22. The van der Waals surface area contributed by atoms with Gasteiger partial charge in [0.25, 0.3) is 0 Å². The molecule has 5 nitrogen and oxygen atoms in total. The molecule has 112 valence electrons. The van der Waals surface area contributed by atoms with Crippen LogP contribution < -0.4 is 5.32 Å². The number of rotatable bonds is 4. The zero-order valence-electron chi connectivity index (χ0n) is 12.6. The largest absolute Gasteiger partial charge is 0.374 e. The highest BCUT2D eigenvalue weighted by Crippen LogP contribution is 2.21. The Balaban J connectivity index is 1.59. The van der Waals surface area contributed by atoms with Gasteiger partial charge in [-0.05, 0) is 39.5 Å². The highest BCUT2D eigenvalue weighted by Gasteiger charge is 2.24. The van der Waals surface area contributed by atoms with Crippen LogP contribution in [0.25, 0.3) is 0 Å². The van der Waals surface area contributed by atoms with Crippen LogP contribution in [0.2, 0.25) is 0 Å². The van der Waals surface area contributed by atoms with Gasteiger partial charge in [-0.1, -0.05) is 6.42 Å². The van der Waals surface area contributed by atoms with Crippen LogP contribution >= 0.6 is 0 Å². The molecule has 0 radical (unpaired) electrons. The van der Waals surface area contributed by atoms with Crippen molar-refractivity contribution in [2.75, 3.05) is 6.54 Å². The number of nitrogens with zero attached hydrogens (tertiary/aromatic N) is 3. The summed E-state index contributed by atoms with van der Waals surface area (Å²) in [4.78, 5) is 0. The Hall–Kier alpha value is -0.940. The summed E-state index contributed by atoms with van der Waals surface area (Å²) < 4.78 is 8.18. The van der Waals surface area contributed by atoms with E-state index < -0.39 is 0 Å². The van der Waals surface area contributed by atoms with Gasteiger partial charge in [-0.3, -0.25) is 0 Å². The van der Waals surface area contributed by atoms with Gasteiger partial charge in [0.15, 0.2) is 0 Å². The lowest BCUT2D eigenvalue weighted by molar-refractivity contribution is 0.0544. The zero-order valence-corrected chi connectivity index (χ0v) is 12.6. The van der Waals surface area contributed by atoms with Crippen molar-refractivity contribution in [3.63, 3.8) is 0 Å². The normalized spacial score (nSPS) is 28.1. The zero-order chi connectivity index (χ0) is 13.9. The summed E-state index contributed by atoms with van der Waals surface area (Å²) in [6.07, 6.45) is 7.99. The van der Waals surface area contributed by atoms with Crippen LogP contribution in [0.5, 0.6) is 0 Å². The summed E-state index contributed by atoms with van der Waals surface area (Å²) >= 11 is 0. The maximum Gasteiger partial charge on any atom is 0.149 e. The summed E-state index contributed by atoms with van der Waals surface area (Å²) in [5, 5.41) is 12.4. The smallest absolute Gasteiger partial charge is 0.149 e. The number of aromatic nitrogens is 3. The summed E-state index contributed by atoms with van der Waals surface area (Å²) in [5.74, 6) is 2.25. The van der Waals surface area contributed by atoms with E-state index in [-0.39, 0.29) is 6.04 Å².